The van der Waals surface area contributed by atoms with Crippen molar-refractivity contribution in [1.82, 2.24) is 5.32 Å². The van der Waals surface area contributed by atoms with Gasteiger partial charge in [0.15, 0.2) is 9.84 Å². The Morgan fingerprint density at radius 3 is 2.60 bits per heavy atom. The molecule has 1 N–H and O–H groups in total. The average Bonchev–Trinajstić information content (AvgIpc) is 2.93. The summed E-state index contributed by atoms with van der Waals surface area (Å²) >= 11 is 6.12. The maximum absolute atomic E-state index is 12.5. The SMILES string of the molecule is O=C(NC1CCS(=O)(=O)C1)c1ccccc1OCc1ccccc1Cl. The fourth-order valence-corrected chi connectivity index (χ4v) is 4.59. The highest BCUT2D eigenvalue weighted by Crippen LogP contribution is 2.22. The van der Waals surface area contributed by atoms with Crippen LogP contribution in [0.25, 0.3) is 0 Å². The number of sulfone groups is 1. The number of carbonyl (C=O) groups excluding carboxylic acids is 1. The van der Waals surface area contributed by atoms with Gasteiger partial charge in [-0.15, -0.1) is 0 Å². The first kappa shape index (κ1) is 17.8. The zero-order chi connectivity index (χ0) is 17.9. The van der Waals surface area contributed by atoms with Crippen molar-refractivity contribution in [2.45, 2.75) is 19.1 Å². The molecule has 5 nitrogen and oxygen atoms in total. The largest absolute Gasteiger partial charge is 0.488 e. The summed E-state index contributed by atoms with van der Waals surface area (Å²) < 4.78 is 28.8. The van der Waals surface area contributed by atoms with E-state index in [2.05, 4.69) is 5.32 Å². The number of amides is 1. The van der Waals surface area contributed by atoms with Crippen LogP contribution in [0.2, 0.25) is 5.02 Å². The summed E-state index contributed by atoms with van der Waals surface area (Å²) in [7, 11) is -3.05. The molecule has 1 unspecified atom stereocenters. The van der Waals surface area contributed by atoms with Crippen molar-refractivity contribution in [2.75, 3.05) is 11.5 Å². The van der Waals surface area contributed by atoms with Gasteiger partial charge in [-0.2, -0.15) is 0 Å². The fraction of sp³-hybridized carbons (Fsp3) is 0.278. The van der Waals surface area contributed by atoms with Gasteiger partial charge < -0.3 is 10.1 Å². The smallest absolute Gasteiger partial charge is 0.255 e. The van der Waals surface area contributed by atoms with E-state index in [1.807, 2.05) is 18.2 Å². The molecule has 0 radical (unpaired) electrons. The van der Waals surface area contributed by atoms with Gasteiger partial charge in [0.1, 0.15) is 12.4 Å². The molecule has 1 saturated heterocycles. The molecule has 0 aromatic heterocycles. The molecule has 132 valence electrons. The highest BCUT2D eigenvalue weighted by molar-refractivity contribution is 7.91. The number of para-hydroxylation sites is 1. The Hall–Kier alpha value is -2.05. The van der Waals surface area contributed by atoms with Gasteiger partial charge in [0.25, 0.3) is 5.91 Å². The summed E-state index contributed by atoms with van der Waals surface area (Å²) in [4.78, 5) is 12.5. The number of benzene rings is 2. The Kier molecular flexibility index (Phi) is 5.30. The van der Waals surface area contributed by atoms with Crippen molar-refractivity contribution in [3.05, 3.63) is 64.7 Å². The Labute approximate surface area is 151 Å². The summed E-state index contributed by atoms with van der Waals surface area (Å²) in [5.74, 6) is 0.196. The van der Waals surface area contributed by atoms with Gasteiger partial charge in [-0.1, -0.05) is 41.9 Å². The van der Waals surface area contributed by atoms with Gasteiger partial charge in [-0.3, -0.25) is 4.79 Å². The second kappa shape index (κ2) is 7.45. The molecule has 1 aliphatic heterocycles. The Balaban J connectivity index is 1.70. The molecule has 2 aromatic rings. The maximum atomic E-state index is 12.5. The number of carbonyl (C=O) groups is 1. The third kappa shape index (κ3) is 4.52. The van der Waals surface area contributed by atoms with E-state index in [9.17, 15) is 13.2 Å². The second-order valence-electron chi connectivity index (χ2n) is 5.95. The number of rotatable bonds is 5. The summed E-state index contributed by atoms with van der Waals surface area (Å²) in [5, 5.41) is 3.37. The first-order chi connectivity index (χ1) is 11.9. The quantitative estimate of drug-likeness (QED) is 0.867. The maximum Gasteiger partial charge on any atom is 0.255 e. The van der Waals surface area contributed by atoms with Crippen molar-refractivity contribution in [1.29, 1.82) is 0 Å². The van der Waals surface area contributed by atoms with E-state index in [1.165, 1.54) is 0 Å². The molecule has 7 heteroatoms. The van der Waals surface area contributed by atoms with E-state index < -0.39 is 9.84 Å². The highest BCUT2D eigenvalue weighted by atomic mass is 35.5. The molecule has 0 spiro atoms. The molecule has 1 aliphatic rings. The standard InChI is InChI=1S/C18H18ClNO4S/c19-16-7-3-1-5-13(16)11-24-17-8-4-2-6-15(17)18(21)20-14-9-10-25(22,23)12-14/h1-8,14H,9-12H2,(H,20,21). The third-order valence-electron chi connectivity index (χ3n) is 4.04. The van der Waals surface area contributed by atoms with Crippen LogP contribution >= 0.6 is 11.6 Å². The summed E-state index contributed by atoms with van der Waals surface area (Å²) in [6.45, 7) is 0.238. The van der Waals surface area contributed by atoms with Gasteiger partial charge in [-0.05, 0) is 24.6 Å². The minimum absolute atomic E-state index is 0.0125. The monoisotopic (exact) mass is 379 g/mol. The predicted molar refractivity (Wildman–Crippen MR) is 96.8 cm³/mol. The van der Waals surface area contributed by atoms with Crippen LogP contribution in [0.3, 0.4) is 0 Å². The van der Waals surface area contributed by atoms with Crippen LogP contribution in [0, 0.1) is 0 Å². The number of halogens is 1. The first-order valence-corrected chi connectivity index (χ1v) is 10.1. The molecule has 25 heavy (non-hydrogen) atoms. The number of hydrogen-bond donors (Lipinski definition) is 1. The predicted octanol–water partition coefficient (Wildman–Crippen LogP) is 2.84. The molecule has 0 saturated carbocycles. The van der Waals surface area contributed by atoms with Gasteiger partial charge in [0.2, 0.25) is 0 Å². The van der Waals surface area contributed by atoms with Crippen molar-refractivity contribution < 1.29 is 17.9 Å². The Morgan fingerprint density at radius 2 is 1.88 bits per heavy atom. The third-order valence-corrected chi connectivity index (χ3v) is 6.18. The lowest BCUT2D eigenvalue weighted by atomic mass is 10.1. The number of nitrogens with one attached hydrogen (secondary N) is 1. The van der Waals surface area contributed by atoms with E-state index >= 15 is 0 Å². The van der Waals surface area contributed by atoms with E-state index in [0.29, 0.717) is 22.8 Å². The van der Waals surface area contributed by atoms with Gasteiger partial charge >= 0.3 is 0 Å². The average molecular weight is 380 g/mol. The van der Waals surface area contributed by atoms with Crippen LogP contribution in [0.4, 0.5) is 0 Å². The lowest BCUT2D eigenvalue weighted by Gasteiger charge is -2.14. The molecule has 3 rings (SSSR count). The topological polar surface area (TPSA) is 72.5 Å². The molecule has 1 atom stereocenters. The minimum atomic E-state index is -3.05. The van der Waals surface area contributed by atoms with E-state index in [0.717, 1.165) is 5.56 Å². The molecule has 1 amide bonds. The van der Waals surface area contributed by atoms with Crippen LogP contribution < -0.4 is 10.1 Å². The Bertz CT molecular complexity index is 882. The van der Waals surface area contributed by atoms with Crippen molar-refractivity contribution in [3.8, 4) is 5.75 Å². The van der Waals surface area contributed by atoms with E-state index in [1.54, 1.807) is 30.3 Å². The molecular formula is C18H18ClNO4S. The molecule has 1 fully saturated rings. The Morgan fingerprint density at radius 1 is 1.16 bits per heavy atom. The van der Waals surface area contributed by atoms with Gasteiger partial charge in [-0.25, -0.2) is 8.42 Å². The number of hydrogen-bond acceptors (Lipinski definition) is 4. The van der Waals surface area contributed by atoms with Gasteiger partial charge in [0, 0.05) is 16.6 Å². The van der Waals surface area contributed by atoms with Crippen LogP contribution in [0.5, 0.6) is 5.75 Å². The van der Waals surface area contributed by atoms with Crippen molar-refractivity contribution in [2.24, 2.45) is 0 Å². The summed E-state index contributed by atoms with van der Waals surface area (Å²) in [6.07, 6.45) is 0.441. The zero-order valence-corrected chi connectivity index (χ0v) is 15.0. The minimum Gasteiger partial charge on any atom is -0.488 e. The van der Waals surface area contributed by atoms with Crippen molar-refractivity contribution >= 4 is 27.3 Å². The lowest BCUT2D eigenvalue weighted by molar-refractivity contribution is 0.0936. The molecular weight excluding hydrogens is 362 g/mol. The first-order valence-electron chi connectivity index (χ1n) is 7.91. The normalized spacial score (nSPS) is 18.7. The van der Waals surface area contributed by atoms with Crippen molar-refractivity contribution in [3.63, 3.8) is 0 Å². The highest BCUT2D eigenvalue weighted by Gasteiger charge is 2.29. The zero-order valence-electron chi connectivity index (χ0n) is 13.4. The molecule has 2 aromatic carbocycles. The van der Waals surface area contributed by atoms with Crippen LogP contribution in [0.1, 0.15) is 22.3 Å². The fourth-order valence-electron chi connectivity index (χ4n) is 2.72. The molecule has 0 aliphatic carbocycles. The molecule has 1 heterocycles. The van der Waals surface area contributed by atoms with E-state index in [4.69, 9.17) is 16.3 Å². The molecule has 0 bridgehead atoms. The van der Waals surface area contributed by atoms with Crippen LogP contribution in [-0.2, 0) is 16.4 Å². The van der Waals surface area contributed by atoms with E-state index in [-0.39, 0.29) is 30.1 Å². The summed E-state index contributed by atoms with van der Waals surface area (Å²) in [5.41, 5.74) is 1.19. The number of ether oxygens (including phenoxy) is 1. The second-order valence-corrected chi connectivity index (χ2v) is 8.59. The van der Waals surface area contributed by atoms with Crippen LogP contribution in [-0.4, -0.2) is 31.9 Å². The van der Waals surface area contributed by atoms with Crippen LogP contribution in [0.15, 0.2) is 48.5 Å². The summed E-state index contributed by atoms with van der Waals surface area (Å²) in [6, 6.07) is 13.9. The lowest BCUT2D eigenvalue weighted by Crippen LogP contribution is -2.35. The van der Waals surface area contributed by atoms with Gasteiger partial charge in [0.05, 0.1) is 17.1 Å².